The van der Waals surface area contributed by atoms with Gasteiger partial charge in [0.25, 0.3) is 5.91 Å². The fourth-order valence-electron chi connectivity index (χ4n) is 5.30. The Kier molecular flexibility index (Phi) is 6.61. The second-order valence-corrected chi connectivity index (χ2v) is 10.9. The number of sulfonamides is 1. The quantitative estimate of drug-likeness (QED) is 0.430. The Morgan fingerprint density at radius 1 is 1.12 bits per heavy atom. The molecular formula is C25H32N4O4S. The number of hydrogen-bond donors (Lipinski definition) is 3. The van der Waals surface area contributed by atoms with Crippen molar-refractivity contribution >= 4 is 33.3 Å². The molecule has 4 N–H and O–H groups in total. The van der Waals surface area contributed by atoms with Gasteiger partial charge in [0.15, 0.2) is 0 Å². The Morgan fingerprint density at radius 2 is 1.91 bits per heavy atom. The number of nitrogens with zero attached hydrogens (tertiary/aromatic N) is 1. The van der Waals surface area contributed by atoms with Gasteiger partial charge in [0.2, 0.25) is 10.0 Å². The lowest BCUT2D eigenvalue weighted by molar-refractivity contribution is -0.110. The molecule has 1 aromatic carbocycles. The zero-order chi connectivity index (χ0) is 23.7. The third-order valence-corrected chi connectivity index (χ3v) is 8.00. The van der Waals surface area contributed by atoms with Crippen LogP contribution in [0.15, 0.2) is 23.1 Å². The predicted molar refractivity (Wildman–Crippen MR) is 132 cm³/mol. The molecule has 0 saturated carbocycles. The lowest BCUT2D eigenvalue weighted by Crippen LogP contribution is -2.37. The largest absolute Gasteiger partial charge is 0.379 e. The predicted octanol–water partition coefficient (Wildman–Crippen LogP) is 2.69. The number of nitrogens with two attached hydrogens (primary N) is 1. The molecule has 1 saturated heterocycles. The average molecular weight is 485 g/mol. The monoisotopic (exact) mass is 484 g/mol. The van der Waals surface area contributed by atoms with Crippen LogP contribution in [-0.2, 0) is 38.8 Å². The lowest BCUT2D eigenvalue weighted by Gasteiger charge is -2.26. The van der Waals surface area contributed by atoms with Crippen LogP contribution >= 0.6 is 0 Å². The van der Waals surface area contributed by atoms with Crippen LogP contribution in [0, 0.1) is 0 Å². The summed E-state index contributed by atoms with van der Waals surface area (Å²) in [5, 5.41) is 8.18. The van der Waals surface area contributed by atoms with Gasteiger partial charge in [-0.1, -0.05) is 6.42 Å². The molecule has 1 fully saturated rings. The molecule has 182 valence electrons. The van der Waals surface area contributed by atoms with Crippen LogP contribution in [0.4, 0.5) is 5.69 Å². The van der Waals surface area contributed by atoms with Crippen molar-refractivity contribution in [2.75, 3.05) is 38.2 Å². The third-order valence-electron chi connectivity index (χ3n) is 7.09. The van der Waals surface area contributed by atoms with Gasteiger partial charge in [-0.15, -0.1) is 0 Å². The van der Waals surface area contributed by atoms with Gasteiger partial charge in [-0.2, -0.15) is 0 Å². The highest BCUT2D eigenvalue weighted by Crippen LogP contribution is 2.36. The number of aromatic nitrogens is 1. The lowest BCUT2D eigenvalue weighted by atomic mass is 9.98. The number of aryl methyl sites for hydroxylation is 1. The Hall–Kier alpha value is -2.46. The summed E-state index contributed by atoms with van der Waals surface area (Å²) in [4.78, 5) is 18.9. The molecular weight excluding hydrogens is 452 g/mol. The van der Waals surface area contributed by atoms with Crippen molar-refractivity contribution in [2.24, 2.45) is 5.14 Å². The van der Waals surface area contributed by atoms with E-state index in [4.69, 9.17) is 9.88 Å². The zero-order valence-corrected chi connectivity index (χ0v) is 20.2. The number of ether oxygens (including phenoxy) is 1. The molecule has 3 heterocycles. The van der Waals surface area contributed by atoms with Crippen LogP contribution in [0.5, 0.6) is 0 Å². The standard InChI is InChI=1S/C25H32N4O4S/c26-34(31,32)17-8-9-23-20(15-17)21(25(30)28-23)16-24-19(6-4-10-29-11-13-33-14-12-29)18-5-2-1-3-7-22(18)27-24/h8-9,15-16,27H,1-7,10-14H2,(H,28,30)(H2,26,31,32). The van der Waals surface area contributed by atoms with Crippen LogP contribution in [0.3, 0.4) is 0 Å². The summed E-state index contributed by atoms with van der Waals surface area (Å²) >= 11 is 0. The summed E-state index contributed by atoms with van der Waals surface area (Å²) in [7, 11) is -3.86. The SMILES string of the molecule is NS(=O)(=O)c1ccc2c(c1)C(=Cc1[nH]c3c(c1CCCN1CCOCC1)CCCCC3)C(=O)N2. The number of carbonyl (C=O) groups excluding carboxylic acids is 1. The van der Waals surface area contributed by atoms with E-state index in [9.17, 15) is 13.2 Å². The van der Waals surface area contributed by atoms with Gasteiger partial charge >= 0.3 is 0 Å². The number of fused-ring (bicyclic) bond motifs is 2. The zero-order valence-electron chi connectivity index (χ0n) is 19.4. The van der Waals surface area contributed by atoms with E-state index < -0.39 is 10.0 Å². The van der Waals surface area contributed by atoms with Gasteiger partial charge in [0.05, 0.1) is 23.7 Å². The van der Waals surface area contributed by atoms with Crippen LogP contribution in [0.1, 0.15) is 53.8 Å². The van der Waals surface area contributed by atoms with Gasteiger partial charge in [-0.05, 0) is 80.5 Å². The van der Waals surface area contributed by atoms with Crippen molar-refractivity contribution in [2.45, 2.75) is 49.8 Å². The highest BCUT2D eigenvalue weighted by Gasteiger charge is 2.27. The maximum absolute atomic E-state index is 12.8. The third kappa shape index (κ3) is 4.84. The van der Waals surface area contributed by atoms with Crippen LogP contribution in [0.25, 0.3) is 11.6 Å². The fraction of sp³-hybridized carbons (Fsp3) is 0.480. The van der Waals surface area contributed by atoms with Crippen LogP contribution in [-0.4, -0.2) is 57.1 Å². The van der Waals surface area contributed by atoms with E-state index in [1.165, 1.54) is 41.8 Å². The minimum absolute atomic E-state index is 0.00153. The second kappa shape index (κ2) is 9.65. The second-order valence-electron chi connectivity index (χ2n) is 9.36. The van der Waals surface area contributed by atoms with Gasteiger partial charge in [0, 0.05) is 35.7 Å². The molecule has 1 aromatic heterocycles. The van der Waals surface area contributed by atoms with E-state index in [1.807, 2.05) is 6.08 Å². The normalized spacial score (nSPS) is 20.1. The van der Waals surface area contributed by atoms with E-state index in [-0.39, 0.29) is 10.8 Å². The Balaban J connectivity index is 1.48. The fourth-order valence-corrected chi connectivity index (χ4v) is 5.84. The molecule has 0 bridgehead atoms. The molecule has 34 heavy (non-hydrogen) atoms. The van der Waals surface area contributed by atoms with Crippen molar-refractivity contribution in [3.63, 3.8) is 0 Å². The van der Waals surface area contributed by atoms with Crippen molar-refractivity contribution in [1.82, 2.24) is 9.88 Å². The molecule has 9 heteroatoms. The highest BCUT2D eigenvalue weighted by molar-refractivity contribution is 7.89. The smallest absolute Gasteiger partial charge is 0.256 e. The molecule has 2 aliphatic heterocycles. The van der Waals surface area contributed by atoms with Gasteiger partial charge in [-0.3, -0.25) is 9.69 Å². The molecule has 0 spiro atoms. The van der Waals surface area contributed by atoms with E-state index in [1.54, 1.807) is 6.07 Å². The van der Waals surface area contributed by atoms with Gasteiger partial charge in [-0.25, -0.2) is 13.6 Å². The molecule has 2 aromatic rings. The number of H-pyrrole nitrogens is 1. The number of aromatic amines is 1. The number of anilines is 1. The number of amides is 1. The molecule has 3 aliphatic rings. The summed E-state index contributed by atoms with van der Waals surface area (Å²) in [6, 6.07) is 4.51. The number of primary sulfonamides is 1. The van der Waals surface area contributed by atoms with E-state index in [2.05, 4.69) is 15.2 Å². The molecule has 5 rings (SSSR count). The van der Waals surface area contributed by atoms with Crippen molar-refractivity contribution < 1.29 is 17.9 Å². The number of nitrogens with one attached hydrogen (secondary N) is 2. The summed E-state index contributed by atoms with van der Waals surface area (Å²) < 4.78 is 29.2. The number of hydrogen-bond acceptors (Lipinski definition) is 5. The van der Waals surface area contributed by atoms with Crippen molar-refractivity contribution in [3.8, 4) is 0 Å². The van der Waals surface area contributed by atoms with Crippen LogP contribution in [0.2, 0.25) is 0 Å². The first-order chi connectivity index (χ1) is 16.4. The first kappa shape index (κ1) is 23.3. The summed E-state index contributed by atoms with van der Waals surface area (Å²) in [5.74, 6) is -0.231. The molecule has 1 amide bonds. The summed E-state index contributed by atoms with van der Waals surface area (Å²) in [6.07, 6.45) is 9.53. The van der Waals surface area contributed by atoms with Crippen molar-refractivity contribution in [1.29, 1.82) is 0 Å². The Bertz CT molecular complexity index is 1230. The Morgan fingerprint density at radius 3 is 2.71 bits per heavy atom. The molecule has 8 nitrogen and oxygen atoms in total. The first-order valence-electron chi connectivity index (χ1n) is 12.1. The minimum atomic E-state index is -3.86. The number of benzene rings is 1. The maximum Gasteiger partial charge on any atom is 0.256 e. The Labute approximate surface area is 200 Å². The molecule has 0 atom stereocenters. The number of morpholine rings is 1. The van der Waals surface area contributed by atoms with Gasteiger partial charge < -0.3 is 15.0 Å². The number of rotatable bonds is 6. The van der Waals surface area contributed by atoms with Crippen LogP contribution < -0.4 is 10.5 Å². The maximum atomic E-state index is 12.8. The molecule has 0 unspecified atom stereocenters. The van der Waals surface area contributed by atoms with E-state index in [0.717, 1.165) is 70.6 Å². The van der Waals surface area contributed by atoms with Crippen molar-refractivity contribution in [3.05, 3.63) is 46.3 Å². The molecule has 0 radical (unpaired) electrons. The average Bonchev–Trinajstić information content (AvgIpc) is 3.19. The number of carbonyl (C=O) groups is 1. The first-order valence-corrected chi connectivity index (χ1v) is 13.7. The summed E-state index contributed by atoms with van der Waals surface area (Å²) in [6.45, 7) is 4.58. The van der Waals surface area contributed by atoms with E-state index >= 15 is 0 Å². The summed E-state index contributed by atoms with van der Waals surface area (Å²) in [5.41, 5.74) is 6.58. The molecule has 1 aliphatic carbocycles. The van der Waals surface area contributed by atoms with Gasteiger partial charge in [0.1, 0.15) is 0 Å². The van der Waals surface area contributed by atoms with E-state index in [0.29, 0.717) is 16.8 Å². The highest BCUT2D eigenvalue weighted by atomic mass is 32.2. The minimum Gasteiger partial charge on any atom is -0.379 e. The topological polar surface area (TPSA) is 118 Å².